The zero-order valence-electron chi connectivity index (χ0n) is 14.3. The van der Waals surface area contributed by atoms with Gasteiger partial charge in [0, 0.05) is 18.2 Å². The Bertz CT molecular complexity index is 805. The molecule has 5 nitrogen and oxygen atoms in total. The number of amides is 1. The fraction of sp³-hybridized carbons (Fsp3) is 0.450. The van der Waals surface area contributed by atoms with E-state index in [2.05, 4.69) is 5.10 Å². The largest absolute Gasteiger partial charge is 0.331 e. The highest BCUT2D eigenvalue weighted by molar-refractivity contribution is 5.92. The highest BCUT2D eigenvalue weighted by Gasteiger charge is 2.39. The van der Waals surface area contributed by atoms with Crippen molar-refractivity contribution in [3.63, 3.8) is 0 Å². The third-order valence-electron chi connectivity index (χ3n) is 5.15. The second-order valence-corrected chi connectivity index (χ2v) is 7.08. The number of hydrogen-bond donors (Lipinski definition) is 0. The molecule has 0 bridgehead atoms. The molecule has 5 heteroatoms. The molecule has 2 saturated carbocycles. The average Bonchev–Trinajstić information content (AvgIpc) is 3.31. The van der Waals surface area contributed by atoms with E-state index in [9.17, 15) is 9.59 Å². The SMILES string of the molecule is O=C(c1ccc(=O)n(Cc2ccccc2)n1)N(C1CCCC1)C1CC1. The molecule has 25 heavy (non-hydrogen) atoms. The third kappa shape index (κ3) is 3.50. The van der Waals surface area contributed by atoms with Crippen molar-refractivity contribution >= 4 is 5.91 Å². The van der Waals surface area contributed by atoms with E-state index in [1.165, 1.54) is 23.6 Å². The van der Waals surface area contributed by atoms with E-state index < -0.39 is 0 Å². The van der Waals surface area contributed by atoms with Gasteiger partial charge >= 0.3 is 0 Å². The standard InChI is InChI=1S/C20H23N3O2/c24-19-13-12-18(21-22(19)14-15-6-2-1-3-7-15)20(25)23(17-10-11-17)16-8-4-5-9-16/h1-3,6-7,12-13,16-17H,4-5,8-11,14H2. The zero-order valence-corrected chi connectivity index (χ0v) is 14.3. The lowest BCUT2D eigenvalue weighted by molar-refractivity contribution is 0.0655. The molecule has 0 saturated heterocycles. The molecule has 2 aromatic rings. The van der Waals surface area contributed by atoms with Gasteiger partial charge in [-0.1, -0.05) is 43.2 Å². The Morgan fingerprint density at radius 3 is 2.36 bits per heavy atom. The minimum atomic E-state index is -0.181. The molecule has 0 N–H and O–H groups in total. The van der Waals surface area contributed by atoms with Crippen LogP contribution in [-0.4, -0.2) is 32.7 Å². The van der Waals surface area contributed by atoms with Crippen LogP contribution in [0.1, 0.15) is 54.6 Å². The monoisotopic (exact) mass is 337 g/mol. The number of hydrogen-bond acceptors (Lipinski definition) is 3. The lowest BCUT2D eigenvalue weighted by Crippen LogP contribution is -2.41. The van der Waals surface area contributed by atoms with E-state index in [0.717, 1.165) is 31.2 Å². The highest BCUT2D eigenvalue weighted by atomic mass is 16.2. The van der Waals surface area contributed by atoms with Crippen LogP contribution >= 0.6 is 0 Å². The summed E-state index contributed by atoms with van der Waals surface area (Å²) in [5.41, 5.74) is 1.20. The van der Waals surface area contributed by atoms with Crippen molar-refractivity contribution in [3.05, 3.63) is 64.1 Å². The molecule has 2 fully saturated rings. The maximum atomic E-state index is 13.1. The van der Waals surface area contributed by atoms with Crippen LogP contribution in [0.2, 0.25) is 0 Å². The highest BCUT2D eigenvalue weighted by Crippen LogP contribution is 2.35. The van der Waals surface area contributed by atoms with E-state index in [-0.39, 0.29) is 11.5 Å². The summed E-state index contributed by atoms with van der Waals surface area (Å²) in [7, 11) is 0. The van der Waals surface area contributed by atoms with Gasteiger partial charge in [0.1, 0.15) is 5.69 Å². The number of rotatable bonds is 5. The lowest BCUT2D eigenvalue weighted by Gasteiger charge is -2.28. The summed E-state index contributed by atoms with van der Waals surface area (Å²) in [5, 5.41) is 4.38. The second kappa shape index (κ2) is 6.82. The summed E-state index contributed by atoms with van der Waals surface area (Å²) in [6.45, 7) is 0.383. The van der Waals surface area contributed by atoms with Crippen LogP contribution in [0, 0.1) is 0 Å². The number of aromatic nitrogens is 2. The second-order valence-electron chi connectivity index (χ2n) is 7.08. The first-order valence-corrected chi connectivity index (χ1v) is 9.17. The summed E-state index contributed by atoms with van der Waals surface area (Å²) in [6.07, 6.45) is 6.75. The van der Waals surface area contributed by atoms with Crippen LogP contribution in [0.3, 0.4) is 0 Å². The molecule has 0 unspecified atom stereocenters. The third-order valence-corrected chi connectivity index (χ3v) is 5.15. The zero-order chi connectivity index (χ0) is 17.2. The fourth-order valence-corrected chi connectivity index (χ4v) is 3.73. The first-order chi connectivity index (χ1) is 12.2. The minimum Gasteiger partial charge on any atom is -0.331 e. The summed E-state index contributed by atoms with van der Waals surface area (Å²) in [4.78, 5) is 27.3. The Hall–Kier alpha value is -2.43. The van der Waals surface area contributed by atoms with E-state index in [4.69, 9.17) is 0 Å². The first kappa shape index (κ1) is 16.1. The molecular formula is C20H23N3O2. The predicted molar refractivity (Wildman–Crippen MR) is 95.5 cm³/mol. The summed E-state index contributed by atoms with van der Waals surface area (Å²) < 4.78 is 1.39. The molecule has 1 aromatic heterocycles. The Morgan fingerprint density at radius 2 is 1.68 bits per heavy atom. The van der Waals surface area contributed by atoms with Crippen LogP contribution < -0.4 is 5.56 Å². The number of carbonyl (C=O) groups excluding carboxylic acids is 1. The summed E-state index contributed by atoms with van der Waals surface area (Å²) in [5.74, 6) is -0.0174. The molecule has 1 aromatic carbocycles. The van der Waals surface area contributed by atoms with Crippen LogP contribution in [0.15, 0.2) is 47.3 Å². The van der Waals surface area contributed by atoms with Gasteiger partial charge in [0.2, 0.25) is 0 Å². The smallest absolute Gasteiger partial charge is 0.274 e. The molecule has 2 aliphatic rings. The number of carbonyl (C=O) groups is 1. The average molecular weight is 337 g/mol. The molecule has 0 radical (unpaired) electrons. The fourth-order valence-electron chi connectivity index (χ4n) is 3.73. The molecular weight excluding hydrogens is 314 g/mol. The maximum absolute atomic E-state index is 13.1. The normalized spacial score (nSPS) is 17.6. The van der Waals surface area contributed by atoms with Gasteiger partial charge in [0.05, 0.1) is 6.54 Å². The Balaban J connectivity index is 1.60. The predicted octanol–water partition coefficient (Wildman–Crippen LogP) is 2.84. The van der Waals surface area contributed by atoms with Gasteiger partial charge in [-0.15, -0.1) is 0 Å². The van der Waals surface area contributed by atoms with Crippen molar-refractivity contribution in [2.24, 2.45) is 0 Å². The topological polar surface area (TPSA) is 55.2 Å². The minimum absolute atomic E-state index is 0.0174. The van der Waals surface area contributed by atoms with Gasteiger partial charge in [0.25, 0.3) is 11.5 Å². The molecule has 2 aliphatic carbocycles. The van der Waals surface area contributed by atoms with Gasteiger partial charge in [0.15, 0.2) is 0 Å². The molecule has 1 heterocycles. The quantitative estimate of drug-likeness (QED) is 0.843. The van der Waals surface area contributed by atoms with Gasteiger partial charge in [-0.25, -0.2) is 4.68 Å². The van der Waals surface area contributed by atoms with E-state index in [1.807, 2.05) is 35.2 Å². The van der Waals surface area contributed by atoms with Gasteiger partial charge in [-0.2, -0.15) is 5.10 Å². The van der Waals surface area contributed by atoms with Crippen molar-refractivity contribution in [1.82, 2.24) is 14.7 Å². The Kier molecular flexibility index (Phi) is 4.38. The summed E-state index contributed by atoms with van der Waals surface area (Å²) >= 11 is 0. The van der Waals surface area contributed by atoms with E-state index in [1.54, 1.807) is 6.07 Å². The molecule has 0 aliphatic heterocycles. The Labute approximate surface area is 147 Å². The van der Waals surface area contributed by atoms with Crippen molar-refractivity contribution in [2.75, 3.05) is 0 Å². The first-order valence-electron chi connectivity index (χ1n) is 9.17. The number of nitrogens with zero attached hydrogens (tertiary/aromatic N) is 3. The van der Waals surface area contributed by atoms with Crippen LogP contribution in [0.25, 0.3) is 0 Å². The van der Waals surface area contributed by atoms with Gasteiger partial charge in [-0.05, 0) is 37.3 Å². The van der Waals surface area contributed by atoms with Crippen LogP contribution in [0.4, 0.5) is 0 Å². The van der Waals surface area contributed by atoms with Crippen molar-refractivity contribution < 1.29 is 4.79 Å². The molecule has 0 spiro atoms. The van der Waals surface area contributed by atoms with E-state index in [0.29, 0.717) is 24.3 Å². The van der Waals surface area contributed by atoms with Crippen molar-refractivity contribution in [1.29, 1.82) is 0 Å². The maximum Gasteiger partial charge on any atom is 0.274 e. The Morgan fingerprint density at radius 1 is 1.00 bits per heavy atom. The van der Waals surface area contributed by atoms with Crippen molar-refractivity contribution in [3.8, 4) is 0 Å². The van der Waals surface area contributed by atoms with Crippen molar-refractivity contribution in [2.45, 2.75) is 57.2 Å². The van der Waals surface area contributed by atoms with E-state index >= 15 is 0 Å². The lowest BCUT2D eigenvalue weighted by atomic mass is 10.2. The molecule has 4 rings (SSSR count). The molecule has 130 valence electrons. The molecule has 1 amide bonds. The van der Waals surface area contributed by atoms with Gasteiger partial charge in [-0.3, -0.25) is 9.59 Å². The van der Waals surface area contributed by atoms with Crippen LogP contribution in [0.5, 0.6) is 0 Å². The number of benzene rings is 1. The van der Waals surface area contributed by atoms with Gasteiger partial charge < -0.3 is 4.90 Å². The van der Waals surface area contributed by atoms with Crippen LogP contribution in [-0.2, 0) is 6.54 Å². The molecule has 0 atom stereocenters. The summed E-state index contributed by atoms with van der Waals surface area (Å²) in [6, 6.07) is 13.5.